The van der Waals surface area contributed by atoms with Gasteiger partial charge in [0.25, 0.3) is 0 Å². The van der Waals surface area contributed by atoms with Crippen molar-refractivity contribution in [2.75, 3.05) is 25.6 Å². The molecule has 0 aliphatic carbocycles. The van der Waals surface area contributed by atoms with E-state index in [0.717, 1.165) is 68.6 Å². The third kappa shape index (κ3) is 31.3. The van der Waals surface area contributed by atoms with Crippen LogP contribution in [-0.4, -0.2) is 108 Å². The first kappa shape index (κ1) is 65.5. The van der Waals surface area contributed by atoms with Crippen LogP contribution in [0.5, 0.6) is 0 Å². The average Bonchev–Trinajstić information content (AvgIpc) is 3.63. The Hall–Kier alpha value is -4.66. The quantitative estimate of drug-likeness (QED) is 0.0107. The summed E-state index contributed by atoms with van der Waals surface area (Å²) in [6.07, 6.45) is 36.7. The van der Waals surface area contributed by atoms with Crippen molar-refractivity contribution >= 4 is 33.4 Å². The number of phosphoric acid groups is 2. The van der Waals surface area contributed by atoms with Gasteiger partial charge in [-0.1, -0.05) is 142 Å². The predicted molar refractivity (Wildman–Crippen MR) is 282 cm³/mol. The topological polar surface area (TPSA) is 306 Å². The normalized spacial score (nSPS) is 20.6. The molecule has 1 aliphatic rings. The second-order valence-corrected chi connectivity index (χ2v) is 20.0. The van der Waals surface area contributed by atoms with Crippen molar-refractivity contribution in [2.24, 2.45) is 0 Å². The number of allylic oxidation sites excluding steroid dienone is 14. The third-order valence-electron chi connectivity index (χ3n) is 10.5. The molecule has 8 N–H and O–H groups in total. The summed E-state index contributed by atoms with van der Waals surface area (Å²) in [4.78, 5) is 61.9. The van der Waals surface area contributed by atoms with Crippen LogP contribution in [0.25, 0.3) is 0 Å². The van der Waals surface area contributed by atoms with E-state index in [1.807, 2.05) is 37.3 Å². The molecule has 0 bridgehead atoms. The predicted octanol–water partition coefficient (Wildman–Crippen LogP) is 8.16. The van der Waals surface area contributed by atoms with E-state index in [0.29, 0.717) is 32.1 Å². The second kappa shape index (κ2) is 38.8. The lowest BCUT2D eigenvalue weighted by atomic mass is 10.1. The van der Waals surface area contributed by atoms with Crippen molar-refractivity contribution in [2.45, 2.75) is 159 Å². The minimum absolute atomic E-state index is 0.0144. The molecule has 2 rings (SSSR count). The fourth-order valence-corrected chi connectivity index (χ4v) is 8.75. The van der Waals surface area contributed by atoms with Gasteiger partial charge in [0.15, 0.2) is 12.3 Å². The van der Waals surface area contributed by atoms with Gasteiger partial charge in [0.1, 0.15) is 30.7 Å². The minimum Gasteiger partial charge on any atom is -0.462 e. The molecule has 1 aliphatic heterocycles. The van der Waals surface area contributed by atoms with Gasteiger partial charge in [0.2, 0.25) is 0 Å². The van der Waals surface area contributed by atoms with Crippen LogP contribution in [0.3, 0.4) is 0 Å². The first-order valence-electron chi connectivity index (χ1n) is 25.1. The highest BCUT2D eigenvalue weighted by molar-refractivity contribution is 7.61. The maximum Gasteiger partial charge on any atom is 0.481 e. The molecule has 1 aromatic heterocycles. The van der Waals surface area contributed by atoms with E-state index in [1.54, 1.807) is 42.5 Å². The fourth-order valence-electron chi connectivity index (χ4n) is 6.64. The van der Waals surface area contributed by atoms with Gasteiger partial charge in [-0.05, 0) is 76.7 Å². The summed E-state index contributed by atoms with van der Waals surface area (Å²) in [7, 11) is -10.9. The largest absolute Gasteiger partial charge is 0.481 e. The Balaban J connectivity index is 1.87. The SMILES string of the molecule is CC/C=C\C/C=C\C/C=C\CCCCCCCC(=O)O[C@H](COC(=O)CC/C=C\C/C=C\C[C@H](O)/C=C/C=C\C=C\[C@H](O)C/C=C\CC)COP(=O)(O)OP(=O)(O)OC[C@H]1O[C@@H](n2ccc(N)nc2=O)[C@H](O)[C@@H]1O. The van der Waals surface area contributed by atoms with E-state index in [2.05, 4.69) is 52.7 Å². The molecule has 2 heterocycles. The van der Waals surface area contributed by atoms with E-state index in [1.165, 1.54) is 6.07 Å². The van der Waals surface area contributed by atoms with Gasteiger partial charge in [-0.25, -0.2) is 13.9 Å². The number of hydrogen-bond acceptors (Lipinski definition) is 17. The van der Waals surface area contributed by atoms with Crippen molar-refractivity contribution in [1.29, 1.82) is 0 Å². The molecular formula is C52H79N3O17P2. The van der Waals surface area contributed by atoms with Crippen LogP contribution in [0.4, 0.5) is 5.82 Å². The van der Waals surface area contributed by atoms with Crippen LogP contribution in [0, 0.1) is 0 Å². The molecule has 1 fully saturated rings. The zero-order valence-electron chi connectivity index (χ0n) is 42.6. The zero-order valence-corrected chi connectivity index (χ0v) is 44.4. The van der Waals surface area contributed by atoms with Gasteiger partial charge in [0.05, 0.1) is 25.4 Å². The molecule has 1 saturated heterocycles. The Bertz CT molecular complexity index is 2200. The van der Waals surface area contributed by atoms with Crippen LogP contribution in [0.2, 0.25) is 0 Å². The first-order valence-corrected chi connectivity index (χ1v) is 28.1. The highest BCUT2D eigenvalue weighted by Crippen LogP contribution is 2.60. The number of carbonyl (C=O) groups is 2. The average molecular weight is 1080 g/mol. The number of ether oxygens (including phenoxy) is 3. The number of nitrogens with zero attached hydrogens (tertiary/aromatic N) is 2. The van der Waals surface area contributed by atoms with Gasteiger partial charge >= 0.3 is 33.3 Å². The molecule has 2 unspecified atom stereocenters. The van der Waals surface area contributed by atoms with E-state index in [9.17, 15) is 53.7 Å². The highest BCUT2D eigenvalue weighted by Gasteiger charge is 2.46. The van der Waals surface area contributed by atoms with E-state index >= 15 is 0 Å². The van der Waals surface area contributed by atoms with Crippen molar-refractivity contribution in [3.05, 3.63) is 132 Å². The summed E-state index contributed by atoms with van der Waals surface area (Å²) in [6, 6.07) is 1.23. The van der Waals surface area contributed by atoms with Crippen LogP contribution >= 0.6 is 15.6 Å². The molecule has 1 aromatic rings. The Morgan fingerprint density at radius 2 is 1.27 bits per heavy atom. The van der Waals surface area contributed by atoms with Gasteiger partial charge in [-0.3, -0.25) is 23.2 Å². The molecule has 414 valence electrons. The Morgan fingerprint density at radius 3 is 1.92 bits per heavy atom. The lowest BCUT2D eigenvalue weighted by Crippen LogP contribution is -2.36. The maximum atomic E-state index is 12.9. The Kier molecular flexibility index (Phi) is 34.3. The van der Waals surface area contributed by atoms with Crippen LogP contribution in [-0.2, 0) is 46.3 Å². The van der Waals surface area contributed by atoms with Gasteiger partial charge in [0, 0.05) is 19.0 Å². The smallest absolute Gasteiger partial charge is 0.462 e. The number of nitrogens with two attached hydrogens (primary N) is 1. The third-order valence-corrected chi connectivity index (χ3v) is 13.1. The van der Waals surface area contributed by atoms with Crippen LogP contribution < -0.4 is 11.4 Å². The number of rotatable bonds is 39. The summed E-state index contributed by atoms with van der Waals surface area (Å²) in [6.45, 7) is 1.64. The molecule has 20 nitrogen and oxygen atoms in total. The highest BCUT2D eigenvalue weighted by atomic mass is 31.3. The number of esters is 2. The van der Waals surface area contributed by atoms with Gasteiger partial charge < -0.3 is 50.2 Å². The summed E-state index contributed by atoms with van der Waals surface area (Å²) >= 11 is 0. The zero-order chi connectivity index (χ0) is 54.5. The number of carbonyl (C=O) groups excluding carboxylic acids is 2. The molecule has 0 saturated carbocycles. The number of unbranched alkanes of at least 4 members (excludes halogenated alkanes) is 5. The Morgan fingerprint density at radius 1 is 0.716 bits per heavy atom. The molecule has 0 aromatic carbocycles. The molecule has 9 atom stereocenters. The van der Waals surface area contributed by atoms with E-state index < -0.39 is 95.9 Å². The Labute approximate surface area is 435 Å². The van der Waals surface area contributed by atoms with Crippen LogP contribution in [0.1, 0.15) is 123 Å². The van der Waals surface area contributed by atoms with Crippen molar-refractivity contribution in [1.82, 2.24) is 9.55 Å². The fraction of sp³-hybridized carbons (Fsp3) is 0.538. The number of phosphoric ester groups is 2. The molecule has 74 heavy (non-hydrogen) atoms. The van der Waals surface area contributed by atoms with E-state index in [-0.39, 0.29) is 18.7 Å². The number of hydrogen-bond donors (Lipinski definition) is 7. The lowest BCUT2D eigenvalue weighted by molar-refractivity contribution is -0.161. The summed E-state index contributed by atoms with van der Waals surface area (Å²) in [5.41, 5.74) is 4.56. The second-order valence-electron chi connectivity index (χ2n) is 17.0. The molecule has 0 radical (unpaired) electrons. The van der Waals surface area contributed by atoms with E-state index in [4.69, 9.17) is 29.0 Å². The minimum atomic E-state index is -5.47. The number of nitrogen functional groups attached to an aromatic ring is 1. The monoisotopic (exact) mass is 1080 g/mol. The maximum absolute atomic E-state index is 12.9. The van der Waals surface area contributed by atoms with Crippen LogP contribution in [0.15, 0.2) is 126 Å². The number of anilines is 1. The number of aliphatic hydroxyl groups excluding tert-OH is 4. The molecule has 0 amide bonds. The van der Waals surface area contributed by atoms with Crippen molar-refractivity contribution < 1.29 is 76.5 Å². The summed E-state index contributed by atoms with van der Waals surface area (Å²) in [5, 5.41) is 41.0. The summed E-state index contributed by atoms with van der Waals surface area (Å²) < 4.78 is 56.6. The molecule has 22 heteroatoms. The number of aliphatic hydroxyl groups is 4. The number of aromatic nitrogens is 2. The molecular weight excluding hydrogens is 1000 g/mol. The van der Waals surface area contributed by atoms with Crippen molar-refractivity contribution in [3.63, 3.8) is 0 Å². The standard InChI is InChI=1S/C52H79N3O17P2/c1-3-5-7-8-9-10-11-12-13-14-15-16-17-22-30-36-48(59)70-44(39-67-47(58)35-29-21-19-18-20-26-32-43(57)34-28-24-23-27-33-42(56)31-25-6-4-2)40-68-73(63,64)72-74(65,66)69-41-45-49(60)50(61)51(71-45)55-38-37-46(53)54-52(55)62/h5-7,9-10,12-13,19-21,23-28,33-34,37-38,42-45,49-51,56-57,60-61H,3-4,8,11,14-18,22,29-32,35-36,39-41H2,1-2H3,(H,63,64)(H,65,66)(H2,53,54,62)/b7-5-,10-9-,13-12-,21-19-,24-23-,25-6-,26-20-,33-27+,34-28+/t42-,43+,44-,45-,49-,50-,51-/m1/s1. The molecule has 0 spiro atoms. The lowest BCUT2D eigenvalue weighted by Gasteiger charge is -2.21. The van der Waals surface area contributed by atoms with Crippen molar-refractivity contribution in [3.8, 4) is 0 Å². The first-order chi connectivity index (χ1) is 35.5. The van der Waals surface area contributed by atoms with Gasteiger partial charge in [-0.15, -0.1) is 0 Å². The van der Waals surface area contributed by atoms with Gasteiger partial charge in [-0.2, -0.15) is 9.29 Å². The summed E-state index contributed by atoms with van der Waals surface area (Å²) in [5.74, 6) is -1.51.